The highest BCUT2D eigenvalue weighted by atomic mass is 32.2. The van der Waals surface area contributed by atoms with Crippen molar-refractivity contribution in [1.82, 2.24) is 4.31 Å². The average molecular weight is 314 g/mol. The van der Waals surface area contributed by atoms with Crippen LogP contribution in [0.15, 0.2) is 23.1 Å². The summed E-state index contributed by atoms with van der Waals surface area (Å²) < 4.78 is 41.2. The van der Waals surface area contributed by atoms with Crippen molar-refractivity contribution in [2.75, 3.05) is 6.54 Å². The molecule has 1 unspecified atom stereocenters. The molecule has 6 heteroatoms. The highest BCUT2D eigenvalue weighted by Crippen LogP contribution is 2.28. The Morgan fingerprint density at radius 1 is 1.33 bits per heavy atom. The van der Waals surface area contributed by atoms with Crippen LogP contribution in [0.3, 0.4) is 0 Å². The van der Waals surface area contributed by atoms with Crippen LogP contribution in [0, 0.1) is 5.82 Å². The second-order valence-corrected chi connectivity index (χ2v) is 7.36. The van der Waals surface area contributed by atoms with E-state index in [1.54, 1.807) is 6.07 Å². The largest absolute Gasteiger partial charge is 0.326 e. The average Bonchev–Trinajstić information content (AvgIpc) is 2.72. The fraction of sp³-hybridized carbons (Fsp3) is 0.600. The third kappa shape index (κ3) is 3.44. The van der Waals surface area contributed by atoms with E-state index in [1.165, 1.54) is 16.4 Å². The fourth-order valence-corrected chi connectivity index (χ4v) is 4.70. The van der Waals surface area contributed by atoms with Crippen molar-refractivity contribution < 1.29 is 12.8 Å². The van der Waals surface area contributed by atoms with Crippen molar-refractivity contribution in [2.24, 2.45) is 5.73 Å². The van der Waals surface area contributed by atoms with Gasteiger partial charge in [-0.3, -0.25) is 0 Å². The van der Waals surface area contributed by atoms with Gasteiger partial charge in [0.25, 0.3) is 0 Å². The van der Waals surface area contributed by atoms with Gasteiger partial charge in [-0.2, -0.15) is 4.31 Å². The van der Waals surface area contributed by atoms with Crippen molar-refractivity contribution in [3.63, 3.8) is 0 Å². The van der Waals surface area contributed by atoms with Crippen LogP contribution in [0.4, 0.5) is 4.39 Å². The van der Waals surface area contributed by atoms with Crippen molar-refractivity contribution in [3.05, 3.63) is 29.6 Å². The minimum atomic E-state index is -3.78. The number of nitrogens with two attached hydrogens (primary N) is 1. The number of halogens is 1. The molecule has 21 heavy (non-hydrogen) atoms. The maximum atomic E-state index is 14.2. The van der Waals surface area contributed by atoms with Crippen LogP contribution in [-0.4, -0.2) is 25.3 Å². The fourth-order valence-electron chi connectivity index (χ4n) is 2.88. The topological polar surface area (TPSA) is 63.4 Å². The zero-order valence-corrected chi connectivity index (χ0v) is 13.2. The van der Waals surface area contributed by atoms with E-state index in [1.807, 2.05) is 6.92 Å². The molecule has 1 aliphatic heterocycles. The normalized spacial score (nSPS) is 21.2. The number of rotatable bonds is 4. The number of sulfonamides is 1. The van der Waals surface area contributed by atoms with E-state index < -0.39 is 15.8 Å². The van der Waals surface area contributed by atoms with E-state index in [0.717, 1.165) is 32.1 Å². The minimum Gasteiger partial charge on any atom is -0.326 e. The first-order chi connectivity index (χ1) is 10.0. The second kappa shape index (κ2) is 6.85. The van der Waals surface area contributed by atoms with Crippen molar-refractivity contribution in [1.29, 1.82) is 0 Å². The van der Waals surface area contributed by atoms with Gasteiger partial charge in [0.2, 0.25) is 10.0 Å². The molecule has 0 aromatic heterocycles. The van der Waals surface area contributed by atoms with Gasteiger partial charge in [-0.25, -0.2) is 12.8 Å². The molecule has 4 nitrogen and oxygen atoms in total. The number of hydrogen-bond donors (Lipinski definition) is 1. The third-order valence-corrected chi connectivity index (χ3v) is 6.10. The van der Waals surface area contributed by atoms with Crippen molar-refractivity contribution >= 4 is 10.0 Å². The molecule has 118 valence electrons. The highest BCUT2D eigenvalue weighted by molar-refractivity contribution is 7.89. The minimum absolute atomic E-state index is 0.0360. The van der Waals surface area contributed by atoms with Gasteiger partial charge >= 0.3 is 0 Å². The maximum Gasteiger partial charge on any atom is 0.246 e. The maximum absolute atomic E-state index is 14.2. The summed E-state index contributed by atoms with van der Waals surface area (Å²) in [5.41, 5.74) is 6.05. The molecule has 0 spiro atoms. The zero-order chi connectivity index (χ0) is 15.5. The van der Waals surface area contributed by atoms with Crippen LogP contribution in [0.5, 0.6) is 0 Å². The smallest absolute Gasteiger partial charge is 0.246 e. The third-order valence-electron chi connectivity index (χ3n) is 4.11. The van der Waals surface area contributed by atoms with Crippen LogP contribution in [0.1, 0.15) is 44.6 Å². The van der Waals surface area contributed by atoms with E-state index in [9.17, 15) is 12.8 Å². The van der Waals surface area contributed by atoms with E-state index in [4.69, 9.17) is 5.73 Å². The first-order valence-electron chi connectivity index (χ1n) is 7.51. The summed E-state index contributed by atoms with van der Waals surface area (Å²) in [7, 11) is -3.78. The number of benzene rings is 1. The first kappa shape index (κ1) is 16.4. The number of nitrogens with zero attached hydrogens (tertiary/aromatic N) is 1. The van der Waals surface area contributed by atoms with E-state index >= 15 is 0 Å². The van der Waals surface area contributed by atoms with Crippen LogP contribution in [0.25, 0.3) is 0 Å². The standard InChI is InChI=1S/C15H23FN2O2S/c1-2-13-6-4-3-5-9-18(13)21(19,20)15-8-7-12(11-17)10-14(15)16/h7-8,10,13H,2-6,9,11,17H2,1H3. The molecule has 0 aliphatic carbocycles. The molecule has 0 saturated carbocycles. The van der Waals surface area contributed by atoms with Gasteiger partial charge in [-0.1, -0.05) is 25.8 Å². The molecule has 0 radical (unpaired) electrons. The second-order valence-electron chi connectivity index (χ2n) is 5.50. The Kier molecular flexibility index (Phi) is 5.35. The lowest BCUT2D eigenvalue weighted by Gasteiger charge is -2.28. The summed E-state index contributed by atoms with van der Waals surface area (Å²) in [5.74, 6) is -0.711. The SMILES string of the molecule is CCC1CCCCCN1S(=O)(=O)c1ccc(CN)cc1F. The predicted octanol–water partition coefficient (Wildman–Crippen LogP) is 2.63. The lowest BCUT2D eigenvalue weighted by molar-refractivity contribution is 0.313. The summed E-state index contributed by atoms with van der Waals surface area (Å²) in [5, 5.41) is 0. The predicted molar refractivity (Wildman–Crippen MR) is 80.7 cm³/mol. The molecule has 1 fully saturated rings. The molecule has 2 rings (SSSR count). The van der Waals surface area contributed by atoms with Crippen LogP contribution < -0.4 is 5.73 Å². The Morgan fingerprint density at radius 2 is 2.10 bits per heavy atom. The summed E-state index contributed by atoms with van der Waals surface area (Å²) in [6.07, 6.45) is 4.48. The monoisotopic (exact) mass is 314 g/mol. The van der Waals surface area contributed by atoms with Gasteiger partial charge < -0.3 is 5.73 Å². The molecule has 1 aromatic rings. The zero-order valence-electron chi connectivity index (χ0n) is 12.4. The summed E-state index contributed by atoms with van der Waals surface area (Å²) >= 11 is 0. The van der Waals surface area contributed by atoms with E-state index in [2.05, 4.69) is 0 Å². The van der Waals surface area contributed by atoms with Gasteiger partial charge in [-0.15, -0.1) is 0 Å². The van der Waals surface area contributed by atoms with Crippen LogP contribution in [0.2, 0.25) is 0 Å². The van der Waals surface area contributed by atoms with Gasteiger partial charge in [0.1, 0.15) is 10.7 Å². The molecular weight excluding hydrogens is 291 g/mol. The molecule has 2 N–H and O–H groups in total. The Hall–Kier alpha value is -0.980. The van der Waals surface area contributed by atoms with Gasteiger partial charge in [0.05, 0.1) is 0 Å². The molecule has 1 saturated heterocycles. The van der Waals surface area contributed by atoms with Crippen LogP contribution >= 0.6 is 0 Å². The van der Waals surface area contributed by atoms with Gasteiger partial charge in [0.15, 0.2) is 0 Å². The summed E-state index contributed by atoms with van der Waals surface area (Å²) in [4.78, 5) is -0.236. The lowest BCUT2D eigenvalue weighted by atomic mass is 10.1. The Bertz CT molecular complexity index is 589. The molecule has 1 heterocycles. The molecule has 1 aliphatic rings. The molecule has 0 bridgehead atoms. The molecular formula is C15H23FN2O2S. The summed E-state index contributed by atoms with van der Waals surface area (Å²) in [6.45, 7) is 2.64. The highest BCUT2D eigenvalue weighted by Gasteiger charge is 2.33. The molecule has 1 aromatic carbocycles. The van der Waals surface area contributed by atoms with Crippen LogP contribution in [-0.2, 0) is 16.6 Å². The molecule has 0 amide bonds. The Morgan fingerprint density at radius 3 is 2.71 bits per heavy atom. The first-order valence-corrected chi connectivity index (χ1v) is 8.95. The van der Waals surface area contributed by atoms with E-state index in [-0.39, 0.29) is 17.5 Å². The quantitative estimate of drug-likeness (QED) is 0.929. The van der Waals surface area contributed by atoms with Gasteiger partial charge in [-0.05, 0) is 37.0 Å². The van der Waals surface area contributed by atoms with Crippen molar-refractivity contribution in [3.8, 4) is 0 Å². The Labute approximate surface area is 126 Å². The number of hydrogen-bond acceptors (Lipinski definition) is 3. The molecule has 1 atom stereocenters. The lowest BCUT2D eigenvalue weighted by Crippen LogP contribution is -2.40. The Balaban J connectivity index is 2.39. The summed E-state index contributed by atoms with van der Waals surface area (Å²) in [6, 6.07) is 4.09. The van der Waals surface area contributed by atoms with Gasteiger partial charge in [0, 0.05) is 19.1 Å². The van der Waals surface area contributed by atoms with Crippen molar-refractivity contribution in [2.45, 2.75) is 56.5 Å². The van der Waals surface area contributed by atoms with E-state index in [0.29, 0.717) is 12.1 Å².